The first kappa shape index (κ1) is 20.2. The zero-order valence-electron chi connectivity index (χ0n) is 16.3. The van der Waals surface area contributed by atoms with Crippen LogP contribution >= 0.6 is 0 Å². The summed E-state index contributed by atoms with van der Waals surface area (Å²) in [4.78, 5) is 12.2. The highest BCUT2D eigenvalue weighted by Gasteiger charge is 2.13. The van der Waals surface area contributed by atoms with Crippen molar-refractivity contribution in [2.75, 3.05) is 35.0 Å². The number of benzene rings is 2. The number of ether oxygens (including phenoxy) is 5. The van der Waals surface area contributed by atoms with E-state index in [1.165, 1.54) is 0 Å². The van der Waals surface area contributed by atoms with Crippen LogP contribution in [0.1, 0.15) is 11.1 Å². The van der Waals surface area contributed by atoms with Gasteiger partial charge in [-0.1, -0.05) is 6.07 Å². The maximum atomic E-state index is 12.2. The zero-order valence-corrected chi connectivity index (χ0v) is 16.3. The average molecular weight is 375 g/mol. The van der Waals surface area contributed by atoms with Crippen LogP contribution in [-0.4, -0.2) is 41.0 Å². The molecule has 0 saturated carbocycles. The third kappa shape index (κ3) is 5.20. The standard InChI is InChI=1S/C20H25NO6/c1-13-6-7-15(17(8-13)24-3)27-12-20(22)21-11-14-9-18(25-4)19(26-5)10-16(14)23-2/h6-10H,11-12H2,1-5H3,(H,21,22). The van der Waals surface area contributed by atoms with E-state index in [9.17, 15) is 4.79 Å². The molecule has 0 atom stereocenters. The summed E-state index contributed by atoms with van der Waals surface area (Å²) in [6, 6.07) is 9.00. The summed E-state index contributed by atoms with van der Waals surface area (Å²) in [6.45, 7) is 2.08. The minimum atomic E-state index is -0.269. The number of methoxy groups -OCH3 is 4. The van der Waals surface area contributed by atoms with E-state index in [1.54, 1.807) is 46.6 Å². The van der Waals surface area contributed by atoms with Crippen molar-refractivity contribution in [1.82, 2.24) is 5.32 Å². The van der Waals surface area contributed by atoms with E-state index in [0.29, 0.717) is 28.7 Å². The second kappa shape index (κ2) is 9.56. The molecule has 1 amide bonds. The van der Waals surface area contributed by atoms with Crippen LogP contribution < -0.4 is 29.0 Å². The van der Waals surface area contributed by atoms with Crippen molar-refractivity contribution in [1.29, 1.82) is 0 Å². The van der Waals surface area contributed by atoms with Gasteiger partial charge in [0.25, 0.3) is 5.91 Å². The van der Waals surface area contributed by atoms with E-state index in [0.717, 1.165) is 11.1 Å². The van der Waals surface area contributed by atoms with Gasteiger partial charge in [0.2, 0.25) is 0 Å². The Hall–Kier alpha value is -3.09. The van der Waals surface area contributed by atoms with Gasteiger partial charge in [0, 0.05) is 18.2 Å². The maximum Gasteiger partial charge on any atom is 0.258 e. The minimum Gasteiger partial charge on any atom is -0.496 e. The second-order valence-electron chi connectivity index (χ2n) is 5.74. The Labute approximate surface area is 159 Å². The first-order valence-electron chi connectivity index (χ1n) is 8.35. The number of hydrogen-bond acceptors (Lipinski definition) is 6. The Morgan fingerprint density at radius 2 is 1.41 bits per heavy atom. The molecule has 0 unspecified atom stereocenters. The van der Waals surface area contributed by atoms with Crippen LogP contribution in [0.3, 0.4) is 0 Å². The minimum absolute atomic E-state index is 0.130. The van der Waals surface area contributed by atoms with Gasteiger partial charge in [-0.15, -0.1) is 0 Å². The van der Waals surface area contributed by atoms with Crippen LogP contribution in [0.4, 0.5) is 0 Å². The fourth-order valence-corrected chi connectivity index (χ4v) is 2.51. The molecule has 2 aromatic rings. The monoisotopic (exact) mass is 375 g/mol. The van der Waals surface area contributed by atoms with E-state index in [4.69, 9.17) is 23.7 Å². The van der Waals surface area contributed by atoms with Gasteiger partial charge < -0.3 is 29.0 Å². The summed E-state index contributed by atoms with van der Waals surface area (Å²) in [5, 5.41) is 2.80. The molecule has 0 heterocycles. The van der Waals surface area contributed by atoms with Gasteiger partial charge in [-0.25, -0.2) is 0 Å². The topological polar surface area (TPSA) is 75.2 Å². The smallest absolute Gasteiger partial charge is 0.258 e. The molecule has 0 bridgehead atoms. The van der Waals surface area contributed by atoms with Crippen LogP contribution in [-0.2, 0) is 11.3 Å². The average Bonchev–Trinajstić information content (AvgIpc) is 2.70. The lowest BCUT2D eigenvalue weighted by molar-refractivity contribution is -0.123. The van der Waals surface area contributed by atoms with Crippen LogP contribution in [0, 0.1) is 6.92 Å². The highest BCUT2D eigenvalue weighted by atomic mass is 16.5. The first-order valence-corrected chi connectivity index (χ1v) is 8.35. The molecule has 1 N–H and O–H groups in total. The molecule has 0 aliphatic rings. The highest BCUT2D eigenvalue weighted by molar-refractivity contribution is 5.77. The number of carbonyl (C=O) groups is 1. The van der Waals surface area contributed by atoms with E-state index >= 15 is 0 Å². The lowest BCUT2D eigenvalue weighted by Gasteiger charge is -2.15. The first-order chi connectivity index (χ1) is 13.0. The van der Waals surface area contributed by atoms with Gasteiger partial charge in [-0.3, -0.25) is 4.79 Å². The molecular weight excluding hydrogens is 350 g/mol. The molecule has 7 nitrogen and oxygen atoms in total. The predicted molar refractivity (Wildman–Crippen MR) is 101 cm³/mol. The van der Waals surface area contributed by atoms with Gasteiger partial charge in [-0.05, 0) is 30.7 Å². The van der Waals surface area contributed by atoms with Crippen molar-refractivity contribution in [3.05, 3.63) is 41.5 Å². The molecule has 146 valence electrons. The Bertz CT molecular complexity index is 790. The molecular formula is C20H25NO6. The van der Waals surface area contributed by atoms with Gasteiger partial charge in [-0.2, -0.15) is 0 Å². The molecule has 27 heavy (non-hydrogen) atoms. The molecule has 0 spiro atoms. The van der Waals surface area contributed by atoms with E-state index in [-0.39, 0.29) is 19.1 Å². The normalized spacial score (nSPS) is 10.1. The Kier molecular flexibility index (Phi) is 7.16. The maximum absolute atomic E-state index is 12.2. The Morgan fingerprint density at radius 1 is 0.815 bits per heavy atom. The van der Waals surface area contributed by atoms with E-state index in [1.807, 2.05) is 19.1 Å². The van der Waals surface area contributed by atoms with Crippen molar-refractivity contribution < 1.29 is 28.5 Å². The van der Waals surface area contributed by atoms with E-state index in [2.05, 4.69) is 5.32 Å². The lowest BCUT2D eigenvalue weighted by Crippen LogP contribution is -2.28. The van der Waals surface area contributed by atoms with Crippen molar-refractivity contribution in [2.24, 2.45) is 0 Å². The van der Waals surface area contributed by atoms with Crippen LogP contribution in [0.5, 0.6) is 28.7 Å². The van der Waals surface area contributed by atoms with Crippen molar-refractivity contribution in [2.45, 2.75) is 13.5 Å². The highest BCUT2D eigenvalue weighted by Crippen LogP contribution is 2.34. The summed E-state index contributed by atoms with van der Waals surface area (Å²) in [6.07, 6.45) is 0. The van der Waals surface area contributed by atoms with Crippen LogP contribution in [0.2, 0.25) is 0 Å². The molecule has 0 aromatic heterocycles. The van der Waals surface area contributed by atoms with Crippen molar-refractivity contribution in [3.63, 3.8) is 0 Å². The number of carbonyl (C=O) groups excluding carboxylic acids is 1. The molecule has 0 aliphatic heterocycles. The van der Waals surface area contributed by atoms with Crippen molar-refractivity contribution >= 4 is 5.91 Å². The number of amides is 1. The summed E-state index contributed by atoms with van der Waals surface area (Å²) in [5.74, 6) is 2.54. The third-order valence-corrected chi connectivity index (χ3v) is 3.94. The van der Waals surface area contributed by atoms with Crippen LogP contribution in [0.25, 0.3) is 0 Å². The fraction of sp³-hybridized carbons (Fsp3) is 0.350. The summed E-state index contributed by atoms with van der Waals surface area (Å²) < 4.78 is 26.7. The number of nitrogens with one attached hydrogen (secondary N) is 1. The SMILES string of the molecule is COc1cc(OC)c(OC)cc1CNC(=O)COc1ccc(C)cc1OC. The van der Waals surface area contributed by atoms with Crippen molar-refractivity contribution in [3.8, 4) is 28.7 Å². The third-order valence-electron chi connectivity index (χ3n) is 3.94. The molecule has 0 radical (unpaired) electrons. The zero-order chi connectivity index (χ0) is 19.8. The van der Waals surface area contributed by atoms with Gasteiger partial charge >= 0.3 is 0 Å². The molecule has 2 aromatic carbocycles. The van der Waals surface area contributed by atoms with Crippen LogP contribution in [0.15, 0.2) is 30.3 Å². The molecule has 0 fully saturated rings. The number of hydrogen-bond donors (Lipinski definition) is 1. The number of aryl methyl sites for hydroxylation is 1. The second-order valence-corrected chi connectivity index (χ2v) is 5.74. The Morgan fingerprint density at radius 3 is 2.04 bits per heavy atom. The molecule has 2 rings (SSSR count). The molecule has 0 saturated heterocycles. The van der Waals surface area contributed by atoms with Gasteiger partial charge in [0.1, 0.15) is 5.75 Å². The summed E-state index contributed by atoms with van der Waals surface area (Å²) >= 11 is 0. The lowest BCUT2D eigenvalue weighted by atomic mass is 10.1. The number of rotatable bonds is 9. The molecule has 0 aliphatic carbocycles. The van der Waals surface area contributed by atoms with Gasteiger partial charge in [0.15, 0.2) is 29.6 Å². The summed E-state index contributed by atoms with van der Waals surface area (Å²) in [7, 11) is 6.22. The molecule has 7 heteroatoms. The van der Waals surface area contributed by atoms with Gasteiger partial charge in [0.05, 0.1) is 28.4 Å². The quantitative estimate of drug-likeness (QED) is 0.726. The van der Waals surface area contributed by atoms with E-state index < -0.39 is 0 Å². The predicted octanol–water partition coefficient (Wildman–Crippen LogP) is 2.72. The fourth-order valence-electron chi connectivity index (χ4n) is 2.51. The largest absolute Gasteiger partial charge is 0.496 e. The summed E-state index contributed by atoms with van der Waals surface area (Å²) in [5.41, 5.74) is 1.81. The Balaban J connectivity index is 1.99.